The molecule has 1 aliphatic rings. The van der Waals surface area contributed by atoms with Crippen molar-refractivity contribution < 1.29 is 9.13 Å². The van der Waals surface area contributed by atoms with Gasteiger partial charge in [-0.3, -0.25) is 0 Å². The van der Waals surface area contributed by atoms with Crippen molar-refractivity contribution in [2.24, 2.45) is 0 Å². The highest BCUT2D eigenvalue weighted by atomic mass is 19.1. The van der Waals surface area contributed by atoms with Crippen LogP contribution < -0.4 is 15.8 Å². The van der Waals surface area contributed by atoms with Crippen LogP contribution in [0.2, 0.25) is 0 Å². The summed E-state index contributed by atoms with van der Waals surface area (Å²) >= 11 is 0. The summed E-state index contributed by atoms with van der Waals surface area (Å²) in [6.45, 7) is 1.87. The van der Waals surface area contributed by atoms with Crippen LogP contribution in [0.15, 0.2) is 54.9 Å². The number of nitrogens with one attached hydrogen (secondary N) is 1. The number of anilines is 1. The third-order valence-corrected chi connectivity index (χ3v) is 5.31. The van der Waals surface area contributed by atoms with Crippen molar-refractivity contribution in [1.82, 2.24) is 25.1 Å². The normalized spacial score (nSPS) is 16.6. The lowest BCUT2D eigenvalue weighted by Crippen LogP contribution is -2.32. The van der Waals surface area contributed by atoms with Crippen molar-refractivity contribution >= 4 is 16.9 Å². The second kappa shape index (κ2) is 7.72. The molecule has 0 spiro atoms. The predicted octanol–water partition coefficient (Wildman–Crippen LogP) is 3.93. The largest absolute Gasteiger partial charge is 0.457 e. The maximum Gasteiger partial charge on any atom is 0.164 e. The van der Waals surface area contributed by atoms with Crippen LogP contribution in [0.4, 0.5) is 10.2 Å². The molecule has 5 rings (SSSR count). The number of hydrogen-bond acceptors (Lipinski definition) is 6. The molecule has 1 atom stereocenters. The Labute approximate surface area is 172 Å². The van der Waals surface area contributed by atoms with E-state index in [0.29, 0.717) is 17.3 Å². The minimum Gasteiger partial charge on any atom is -0.457 e. The molecule has 0 radical (unpaired) electrons. The molecule has 8 heteroatoms. The molecule has 0 saturated carbocycles. The highest BCUT2D eigenvalue weighted by molar-refractivity contribution is 5.98. The third kappa shape index (κ3) is 3.46. The number of nitrogens with two attached hydrogens (primary N) is 1. The van der Waals surface area contributed by atoms with Crippen molar-refractivity contribution in [2.75, 3.05) is 18.8 Å². The van der Waals surface area contributed by atoms with Gasteiger partial charge >= 0.3 is 0 Å². The Kier molecular flexibility index (Phi) is 4.76. The van der Waals surface area contributed by atoms with Crippen LogP contribution in [-0.4, -0.2) is 32.8 Å². The van der Waals surface area contributed by atoms with Crippen LogP contribution in [0.25, 0.3) is 22.3 Å². The first-order valence-electron chi connectivity index (χ1n) is 9.92. The van der Waals surface area contributed by atoms with Crippen LogP contribution in [0.1, 0.15) is 18.9 Å². The number of benzene rings is 2. The lowest BCUT2D eigenvalue weighted by molar-refractivity contribution is 0.354. The summed E-state index contributed by atoms with van der Waals surface area (Å²) < 4.78 is 20.8. The fourth-order valence-electron chi connectivity index (χ4n) is 3.81. The molecule has 152 valence electrons. The van der Waals surface area contributed by atoms with Crippen LogP contribution in [0.3, 0.4) is 0 Å². The number of fused-ring (bicyclic) bond motifs is 1. The average Bonchev–Trinajstić information content (AvgIpc) is 3.18. The van der Waals surface area contributed by atoms with Gasteiger partial charge in [-0.05, 0) is 67.9 Å². The van der Waals surface area contributed by atoms with Gasteiger partial charge in [0.05, 0.1) is 11.4 Å². The second-order valence-electron chi connectivity index (χ2n) is 7.33. The van der Waals surface area contributed by atoms with Crippen LogP contribution >= 0.6 is 0 Å². The summed E-state index contributed by atoms with van der Waals surface area (Å²) in [5.41, 5.74) is 8.60. The summed E-state index contributed by atoms with van der Waals surface area (Å²) in [6.07, 6.45) is 3.62. The van der Waals surface area contributed by atoms with Crippen LogP contribution in [0, 0.1) is 5.82 Å². The fraction of sp³-hybridized carbons (Fsp3) is 0.227. The Bertz CT molecular complexity index is 1170. The molecule has 1 fully saturated rings. The van der Waals surface area contributed by atoms with Gasteiger partial charge in [-0.2, -0.15) is 5.10 Å². The highest BCUT2D eigenvalue weighted by Gasteiger charge is 2.23. The minimum absolute atomic E-state index is 0.227. The van der Waals surface area contributed by atoms with Gasteiger partial charge in [0.1, 0.15) is 35.2 Å². The van der Waals surface area contributed by atoms with Gasteiger partial charge in [-0.1, -0.05) is 0 Å². The fourth-order valence-corrected chi connectivity index (χ4v) is 3.81. The Balaban J connectivity index is 1.50. The van der Waals surface area contributed by atoms with Crippen molar-refractivity contribution in [2.45, 2.75) is 18.9 Å². The molecule has 30 heavy (non-hydrogen) atoms. The van der Waals surface area contributed by atoms with E-state index < -0.39 is 0 Å². The van der Waals surface area contributed by atoms with Crippen LogP contribution in [0.5, 0.6) is 11.5 Å². The molecule has 1 unspecified atom stereocenters. The first kappa shape index (κ1) is 18.5. The van der Waals surface area contributed by atoms with E-state index in [4.69, 9.17) is 15.6 Å². The number of nitrogen functional groups attached to an aromatic ring is 1. The Morgan fingerprint density at radius 3 is 2.47 bits per heavy atom. The molecule has 2 aromatic heterocycles. The zero-order valence-electron chi connectivity index (χ0n) is 16.3. The van der Waals surface area contributed by atoms with Crippen LogP contribution in [-0.2, 0) is 0 Å². The van der Waals surface area contributed by atoms with Gasteiger partial charge < -0.3 is 15.8 Å². The number of ether oxygens (including phenoxy) is 1. The monoisotopic (exact) mass is 404 g/mol. The summed E-state index contributed by atoms with van der Waals surface area (Å²) in [5.74, 6) is 1.33. The average molecular weight is 404 g/mol. The number of nitrogens with zero attached hydrogens (tertiary/aromatic N) is 4. The van der Waals surface area contributed by atoms with E-state index in [0.717, 1.165) is 48.2 Å². The maximum atomic E-state index is 13.1. The van der Waals surface area contributed by atoms with Crippen molar-refractivity contribution in [3.63, 3.8) is 0 Å². The molecule has 2 aromatic carbocycles. The summed E-state index contributed by atoms with van der Waals surface area (Å²) in [6, 6.07) is 13.7. The second-order valence-corrected chi connectivity index (χ2v) is 7.33. The van der Waals surface area contributed by atoms with Crippen molar-refractivity contribution in [3.8, 4) is 22.8 Å². The molecule has 0 amide bonds. The predicted molar refractivity (Wildman–Crippen MR) is 113 cm³/mol. The summed E-state index contributed by atoms with van der Waals surface area (Å²) in [5, 5.41) is 9.06. The minimum atomic E-state index is -0.298. The topological polar surface area (TPSA) is 90.9 Å². The number of aromatic nitrogens is 4. The summed E-state index contributed by atoms with van der Waals surface area (Å²) in [4.78, 5) is 8.64. The number of rotatable bonds is 4. The van der Waals surface area contributed by atoms with Gasteiger partial charge in [-0.15, -0.1) is 0 Å². The number of piperidine rings is 1. The summed E-state index contributed by atoms with van der Waals surface area (Å²) in [7, 11) is 0. The Hall–Kier alpha value is -3.52. The molecule has 4 aromatic rings. The Morgan fingerprint density at radius 2 is 1.77 bits per heavy atom. The van der Waals surface area contributed by atoms with E-state index in [-0.39, 0.29) is 11.9 Å². The molecular weight excluding hydrogens is 383 g/mol. The molecule has 1 aliphatic heterocycles. The van der Waals surface area contributed by atoms with Gasteiger partial charge in [0.2, 0.25) is 0 Å². The van der Waals surface area contributed by atoms with E-state index in [1.54, 1.807) is 12.1 Å². The standard InChI is InChI=1S/C22H21FN6O/c23-15-5-9-18(10-6-15)30-17-7-3-14(4-8-17)20-19-21(24)26-13-27-22(19)29(28-20)16-2-1-11-25-12-16/h3-10,13,16,25H,1-2,11-12H2,(H2,24,26,27). The third-order valence-electron chi connectivity index (χ3n) is 5.31. The molecule has 3 heterocycles. The Morgan fingerprint density at radius 1 is 1.03 bits per heavy atom. The zero-order valence-corrected chi connectivity index (χ0v) is 16.3. The van der Waals surface area contributed by atoms with Gasteiger partial charge in [0.15, 0.2) is 5.65 Å². The van der Waals surface area contributed by atoms with E-state index >= 15 is 0 Å². The highest BCUT2D eigenvalue weighted by Crippen LogP contribution is 2.34. The number of halogens is 1. The van der Waals surface area contributed by atoms with E-state index in [9.17, 15) is 4.39 Å². The first-order chi connectivity index (χ1) is 14.7. The SMILES string of the molecule is Nc1ncnc2c1c(-c1ccc(Oc3ccc(F)cc3)cc1)nn2C1CCCNC1. The molecular formula is C22H21FN6O. The molecule has 0 bridgehead atoms. The van der Waals surface area contributed by atoms with Gasteiger partial charge in [-0.25, -0.2) is 19.0 Å². The molecule has 1 saturated heterocycles. The quantitative estimate of drug-likeness (QED) is 0.536. The van der Waals surface area contributed by atoms with E-state index in [2.05, 4.69) is 15.3 Å². The smallest absolute Gasteiger partial charge is 0.164 e. The lowest BCUT2D eigenvalue weighted by atomic mass is 10.1. The first-order valence-corrected chi connectivity index (χ1v) is 9.92. The number of hydrogen-bond donors (Lipinski definition) is 2. The molecule has 7 nitrogen and oxygen atoms in total. The van der Waals surface area contributed by atoms with E-state index in [1.165, 1.54) is 18.5 Å². The zero-order chi connectivity index (χ0) is 20.5. The molecule has 3 N–H and O–H groups in total. The van der Waals surface area contributed by atoms with Gasteiger partial charge in [0, 0.05) is 12.1 Å². The van der Waals surface area contributed by atoms with Crippen molar-refractivity contribution in [3.05, 3.63) is 60.7 Å². The van der Waals surface area contributed by atoms with E-state index in [1.807, 2.05) is 28.9 Å². The lowest BCUT2D eigenvalue weighted by Gasteiger charge is -2.23. The van der Waals surface area contributed by atoms with Gasteiger partial charge in [0.25, 0.3) is 0 Å². The maximum absolute atomic E-state index is 13.1. The van der Waals surface area contributed by atoms with Crippen molar-refractivity contribution in [1.29, 1.82) is 0 Å². The molecule has 0 aliphatic carbocycles.